The summed E-state index contributed by atoms with van der Waals surface area (Å²) in [5, 5.41) is 10.2. The van der Waals surface area contributed by atoms with E-state index in [9.17, 15) is 9.90 Å². The maximum atomic E-state index is 10.2. The van der Waals surface area contributed by atoms with Crippen LogP contribution >= 0.6 is 0 Å². The van der Waals surface area contributed by atoms with Crippen LogP contribution in [-0.2, 0) is 17.9 Å². The molecule has 0 saturated heterocycles. The van der Waals surface area contributed by atoms with Gasteiger partial charge in [-0.05, 0) is 38.5 Å². The molecule has 0 aliphatic heterocycles. The van der Waals surface area contributed by atoms with Gasteiger partial charge in [-0.1, -0.05) is 131 Å². The number of quaternary nitrogens is 2. The Morgan fingerprint density at radius 2 is 0.976 bits per heavy atom. The molecule has 0 aromatic heterocycles. The van der Waals surface area contributed by atoms with Gasteiger partial charge in [0, 0.05) is 17.1 Å². The zero-order chi connectivity index (χ0) is 29.7. The highest BCUT2D eigenvalue weighted by Gasteiger charge is 1.95. The highest BCUT2D eigenvalue weighted by atomic mass is 35.5. The third-order valence-electron chi connectivity index (χ3n) is 6.44. The van der Waals surface area contributed by atoms with Gasteiger partial charge in [0.25, 0.3) is 0 Å². The maximum absolute atomic E-state index is 10.2. The molecule has 0 spiro atoms. The van der Waals surface area contributed by atoms with Crippen LogP contribution in [-0.4, -0.2) is 34.2 Å². The van der Waals surface area contributed by atoms with E-state index in [0.29, 0.717) is 0 Å². The van der Waals surface area contributed by atoms with Crippen molar-refractivity contribution in [3.05, 3.63) is 83.9 Å². The molecule has 0 amide bonds. The first kappa shape index (κ1) is 41.0. The van der Waals surface area contributed by atoms with Gasteiger partial charge in [0.2, 0.25) is 0 Å². The van der Waals surface area contributed by atoms with Crippen LogP contribution in [0.2, 0.25) is 0 Å². The van der Waals surface area contributed by atoms with Crippen LogP contribution in [0.1, 0.15) is 108 Å². The molecule has 2 aromatic rings. The summed E-state index contributed by atoms with van der Waals surface area (Å²) in [7, 11) is 8.64. The normalized spacial score (nSPS) is 10.5. The van der Waals surface area contributed by atoms with Crippen LogP contribution in [0.5, 0.6) is 0 Å². The number of allylic oxidation sites excluding steroid dienone is 2. The molecule has 0 radical (unpaired) electrons. The average molecular weight is 589 g/mol. The van der Waals surface area contributed by atoms with Crippen molar-refractivity contribution in [3.8, 4) is 0 Å². The number of hydrogen-bond acceptors (Lipinski definition) is 2. The summed E-state index contributed by atoms with van der Waals surface area (Å²) in [5.41, 5.74) is 2.81. The number of carboxylic acid groups (broad SMARTS) is 1. The fourth-order valence-electron chi connectivity index (χ4n) is 4.35. The van der Waals surface area contributed by atoms with Gasteiger partial charge in [0.15, 0.2) is 0 Å². The van der Waals surface area contributed by atoms with Crippen molar-refractivity contribution in [2.45, 2.75) is 110 Å². The molecule has 2 N–H and O–H groups in total. The Morgan fingerprint density at radius 3 is 1.34 bits per heavy atom. The summed E-state index contributed by atoms with van der Waals surface area (Å²) in [4.78, 5) is 13.1. The number of unbranched alkanes of at least 4 members (excludes halogenated alkanes) is 11. The number of carboxylic acids is 1. The fraction of sp³-hybridized carbons (Fsp3) is 0.583. The topological polar surface area (TPSA) is 49.0 Å². The average Bonchev–Trinajstić information content (AvgIpc) is 2.92. The van der Waals surface area contributed by atoms with Gasteiger partial charge in [0.1, 0.15) is 13.1 Å². The Kier molecular flexibility index (Phi) is 30.8. The van der Waals surface area contributed by atoms with Crippen LogP contribution in [0.4, 0.5) is 0 Å². The summed E-state index contributed by atoms with van der Waals surface area (Å²) in [6.45, 7) is 4.48. The second kappa shape index (κ2) is 30.8. The minimum Gasteiger partial charge on any atom is -1.00 e. The Hall–Kier alpha value is -2.14. The van der Waals surface area contributed by atoms with Crippen molar-refractivity contribution in [2.24, 2.45) is 0 Å². The molecule has 0 saturated carbocycles. The minimum atomic E-state index is -0.914. The van der Waals surface area contributed by atoms with E-state index < -0.39 is 5.97 Å². The molecule has 234 valence electrons. The summed E-state index contributed by atoms with van der Waals surface area (Å²) >= 11 is 0. The molecule has 0 heterocycles. The van der Waals surface area contributed by atoms with Crippen molar-refractivity contribution in [3.63, 3.8) is 0 Å². The summed E-state index contributed by atoms with van der Waals surface area (Å²) in [6.07, 6.45) is 20.9. The number of aliphatic carboxylic acids is 1. The quantitative estimate of drug-likeness (QED) is 0.196. The van der Waals surface area contributed by atoms with Gasteiger partial charge >= 0.3 is 0 Å². The standard InChI is InChI=1S/C18H34O2.2C9H13N.ClH/c1-2-3-4-5-6-7-8-9-10-11-12-13-14-15-16-17-18(19)20;2*1-10(2)8-9-6-4-3-5-7-9;/h9-10H,2-8,11-17H2,1H3,(H,19,20);2*3-7H,8H2,1-2H3;1H/b10-9-;;;. The predicted octanol–water partition coefficient (Wildman–Crippen LogP) is 2.44. The van der Waals surface area contributed by atoms with Crippen molar-refractivity contribution < 1.29 is 32.1 Å². The molecule has 0 fully saturated rings. The van der Waals surface area contributed by atoms with E-state index in [4.69, 9.17) is 0 Å². The van der Waals surface area contributed by atoms with Crippen molar-refractivity contribution in [1.29, 1.82) is 0 Å². The first-order valence-corrected chi connectivity index (χ1v) is 15.9. The van der Waals surface area contributed by atoms with E-state index in [1.54, 1.807) is 0 Å². The molecule has 41 heavy (non-hydrogen) atoms. The van der Waals surface area contributed by atoms with E-state index in [1.807, 2.05) is 0 Å². The van der Waals surface area contributed by atoms with Gasteiger partial charge in [-0.3, -0.25) is 0 Å². The zero-order valence-corrected chi connectivity index (χ0v) is 27.7. The maximum Gasteiger partial charge on any atom is 0.102 e. The molecule has 0 atom stereocenters. The lowest BCUT2D eigenvalue weighted by molar-refractivity contribution is -0.872. The van der Waals surface area contributed by atoms with Gasteiger partial charge in [-0.15, -0.1) is 0 Å². The Morgan fingerprint density at radius 1 is 0.610 bits per heavy atom. The Bertz CT molecular complexity index is 780. The van der Waals surface area contributed by atoms with Crippen LogP contribution in [0.25, 0.3) is 0 Å². The number of carbonyl (C=O) groups excluding carboxylic acids is 1. The second-order valence-electron chi connectivity index (χ2n) is 11.4. The van der Waals surface area contributed by atoms with Crippen LogP contribution < -0.4 is 27.3 Å². The molecular formula is C36H61ClN2O2. The molecule has 0 aliphatic carbocycles. The molecule has 2 aromatic carbocycles. The number of benzene rings is 2. The molecule has 0 aliphatic rings. The third-order valence-corrected chi connectivity index (χ3v) is 6.44. The van der Waals surface area contributed by atoms with Crippen LogP contribution in [0, 0.1) is 0 Å². The molecule has 0 bridgehead atoms. The van der Waals surface area contributed by atoms with Crippen molar-refractivity contribution in [2.75, 3.05) is 28.2 Å². The van der Waals surface area contributed by atoms with Crippen molar-refractivity contribution >= 4 is 5.97 Å². The van der Waals surface area contributed by atoms with E-state index >= 15 is 0 Å². The first-order valence-electron chi connectivity index (χ1n) is 15.9. The second-order valence-corrected chi connectivity index (χ2v) is 11.4. The predicted molar refractivity (Wildman–Crippen MR) is 170 cm³/mol. The number of hydrogen-bond donors (Lipinski definition) is 2. The fourth-order valence-corrected chi connectivity index (χ4v) is 4.35. The van der Waals surface area contributed by atoms with Gasteiger partial charge < -0.3 is 32.1 Å². The van der Waals surface area contributed by atoms with Crippen LogP contribution in [0.3, 0.4) is 0 Å². The molecule has 2 rings (SSSR count). The highest BCUT2D eigenvalue weighted by Crippen LogP contribution is 2.09. The molecule has 0 unspecified atom stereocenters. The number of nitrogens with one attached hydrogen (secondary N) is 2. The SMILES string of the molecule is CCCCCCCC/C=C\CCCCCCCC(=O)[O-].C[NH+](C)Cc1ccccc1.C[NH+](C)Cc1ccccc1.[Cl-]. The minimum absolute atomic E-state index is 0. The van der Waals surface area contributed by atoms with E-state index in [1.165, 1.54) is 85.1 Å². The van der Waals surface area contributed by atoms with Gasteiger partial charge in [-0.2, -0.15) is 0 Å². The van der Waals surface area contributed by atoms with E-state index in [2.05, 4.69) is 108 Å². The van der Waals surface area contributed by atoms with Crippen molar-refractivity contribution in [1.82, 2.24) is 0 Å². The number of halogens is 1. The lowest BCUT2D eigenvalue weighted by Gasteiger charge is -2.05. The van der Waals surface area contributed by atoms with E-state index in [0.717, 1.165) is 32.4 Å². The van der Waals surface area contributed by atoms with Gasteiger partial charge in [-0.25, -0.2) is 0 Å². The third kappa shape index (κ3) is 32.2. The largest absolute Gasteiger partial charge is 1.00 e. The molecule has 4 nitrogen and oxygen atoms in total. The van der Waals surface area contributed by atoms with E-state index in [-0.39, 0.29) is 18.8 Å². The molecule has 5 heteroatoms. The Balaban J connectivity index is 0. The van der Waals surface area contributed by atoms with Gasteiger partial charge in [0.05, 0.1) is 28.2 Å². The smallest absolute Gasteiger partial charge is 0.102 e. The number of carbonyl (C=O) groups is 1. The highest BCUT2D eigenvalue weighted by molar-refractivity contribution is 5.64. The first-order chi connectivity index (χ1) is 19.3. The Labute approximate surface area is 259 Å². The lowest BCUT2D eigenvalue weighted by atomic mass is 10.1. The summed E-state index contributed by atoms with van der Waals surface area (Å²) < 4.78 is 0. The van der Waals surface area contributed by atoms with Crippen LogP contribution in [0.15, 0.2) is 72.8 Å². The lowest BCUT2D eigenvalue weighted by Crippen LogP contribution is -3.04. The summed E-state index contributed by atoms with van der Waals surface area (Å²) in [6, 6.07) is 21.1. The number of rotatable bonds is 19. The zero-order valence-electron chi connectivity index (χ0n) is 26.9. The summed E-state index contributed by atoms with van der Waals surface area (Å²) in [5.74, 6) is -0.914. The monoisotopic (exact) mass is 588 g/mol. The molecular weight excluding hydrogens is 528 g/mol.